The Kier molecular flexibility index (Phi) is 5.76. The lowest BCUT2D eigenvalue weighted by molar-refractivity contribution is -0.136. The van der Waals surface area contributed by atoms with Crippen LogP contribution < -0.4 is 10.6 Å². The number of nitrogens with one attached hydrogen (secondary N) is 2. The summed E-state index contributed by atoms with van der Waals surface area (Å²) >= 11 is 0. The molecule has 1 fully saturated rings. The minimum absolute atomic E-state index is 0.0788. The molecule has 0 radical (unpaired) electrons. The molecule has 2 aliphatic rings. The van der Waals surface area contributed by atoms with E-state index in [2.05, 4.69) is 20.6 Å². The molecule has 2 N–H and O–H groups in total. The SMILES string of the molecule is Cc1ncncc1C(=O)NCCCc1ccc2c(c1)C(=O)N(C1CCC(=O)NC1=O)C2=O. The fourth-order valence-electron chi connectivity index (χ4n) is 3.88. The predicted molar refractivity (Wildman–Crippen MR) is 111 cm³/mol. The van der Waals surface area contributed by atoms with Crippen molar-refractivity contribution in [2.75, 3.05) is 6.54 Å². The first-order chi connectivity index (χ1) is 15.4. The van der Waals surface area contributed by atoms with E-state index >= 15 is 0 Å². The van der Waals surface area contributed by atoms with Crippen LogP contribution in [0.25, 0.3) is 0 Å². The predicted octanol–water partition coefficient (Wildman–Crippen LogP) is 0.549. The van der Waals surface area contributed by atoms with Crippen LogP contribution in [0.3, 0.4) is 0 Å². The summed E-state index contributed by atoms with van der Waals surface area (Å²) in [6.45, 7) is 2.15. The van der Waals surface area contributed by atoms with E-state index in [9.17, 15) is 24.0 Å². The Morgan fingerprint density at radius 1 is 1.19 bits per heavy atom. The highest BCUT2D eigenvalue weighted by Crippen LogP contribution is 2.28. The number of rotatable bonds is 6. The van der Waals surface area contributed by atoms with E-state index in [1.165, 1.54) is 12.5 Å². The van der Waals surface area contributed by atoms with Gasteiger partial charge in [-0.05, 0) is 43.9 Å². The van der Waals surface area contributed by atoms with Crippen molar-refractivity contribution >= 4 is 29.5 Å². The fourth-order valence-corrected chi connectivity index (χ4v) is 3.88. The second-order valence-corrected chi connectivity index (χ2v) is 7.71. The number of benzene rings is 1. The van der Waals surface area contributed by atoms with Crippen molar-refractivity contribution in [2.45, 2.75) is 38.6 Å². The van der Waals surface area contributed by atoms with E-state index in [1.54, 1.807) is 25.1 Å². The number of aromatic nitrogens is 2. The molecule has 1 aromatic carbocycles. The van der Waals surface area contributed by atoms with Gasteiger partial charge in [0.25, 0.3) is 17.7 Å². The van der Waals surface area contributed by atoms with E-state index < -0.39 is 29.7 Å². The van der Waals surface area contributed by atoms with Gasteiger partial charge in [0.15, 0.2) is 0 Å². The van der Waals surface area contributed by atoms with Crippen molar-refractivity contribution < 1.29 is 24.0 Å². The van der Waals surface area contributed by atoms with Crippen LogP contribution in [0, 0.1) is 6.92 Å². The molecule has 1 unspecified atom stereocenters. The van der Waals surface area contributed by atoms with Crippen molar-refractivity contribution in [3.63, 3.8) is 0 Å². The summed E-state index contributed by atoms with van der Waals surface area (Å²) in [5, 5.41) is 4.99. The molecular weight excluding hydrogens is 414 g/mol. The summed E-state index contributed by atoms with van der Waals surface area (Å²) < 4.78 is 0. The zero-order chi connectivity index (χ0) is 22.8. The number of amides is 5. The molecule has 10 nitrogen and oxygen atoms in total. The van der Waals surface area contributed by atoms with Crippen LogP contribution in [0.2, 0.25) is 0 Å². The van der Waals surface area contributed by atoms with Gasteiger partial charge in [-0.15, -0.1) is 0 Å². The van der Waals surface area contributed by atoms with Crippen LogP contribution in [0.4, 0.5) is 0 Å². The standard InChI is InChI=1S/C22H21N5O5/c1-12-16(10-23-11-25-12)19(29)24-8-2-3-13-4-5-14-15(9-13)22(32)27(21(14)31)17-6-7-18(28)26-20(17)30/h4-5,9-11,17H,2-3,6-8H2,1H3,(H,24,29)(H,26,28,30). The van der Waals surface area contributed by atoms with Crippen LogP contribution >= 0.6 is 0 Å². The molecule has 0 saturated carbocycles. The number of imide groups is 2. The average molecular weight is 435 g/mol. The molecule has 4 rings (SSSR count). The molecule has 2 aliphatic heterocycles. The Labute approximate surface area is 183 Å². The Hall–Kier alpha value is -3.95. The quantitative estimate of drug-likeness (QED) is 0.499. The minimum atomic E-state index is -0.982. The molecule has 0 bridgehead atoms. The minimum Gasteiger partial charge on any atom is -0.352 e. The highest BCUT2D eigenvalue weighted by atomic mass is 16.2. The topological polar surface area (TPSA) is 138 Å². The molecule has 164 valence electrons. The number of hydrogen-bond acceptors (Lipinski definition) is 7. The molecule has 0 spiro atoms. The second-order valence-electron chi connectivity index (χ2n) is 7.71. The summed E-state index contributed by atoms with van der Waals surface area (Å²) in [4.78, 5) is 70.1. The Morgan fingerprint density at radius 3 is 2.72 bits per heavy atom. The smallest absolute Gasteiger partial charge is 0.262 e. The number of carbonyl (C=O) groups is 5. The van der Waals surface area contributed by atoms with E-state index in [0.29, 0.717) is 30.6 Å². The Bertz CT molecular complexity index is 1150. The third-order valence-corrected chi connectivity index (χ3v) is 5.59. The second kappa shape index (κ2) is 8.66. The van der Waals surface area contributed by atoms with E-state index in [4.69, 9.17) is 0 Å². The fraction of sp³-hybridized carbons (Fsp3) is 0.318. The van der Waals surface area contributed by atoms with Gasteiger partial charge in [0, 0.05) is 19.2 Å². The maximum Gasteiger partial charge on any atom is 0.262 e. The zero-order valence-corrected chi connectivity index (χ0v) is 17.4. The van der Waals surface area contributed by atoms with Crippen LogP contribution in [0.5, 0.6) is 0 Å². The molecule has 1 aromatic heterocycles. The van der Waals surface area contributed by atoms with Crippen molar-refractivity contribution in [2.24, 2.45) is 0 Å². The third kappa shape index (κ3) is 3.98. The van der Waals surface area contributed by atoms with Crippen LogP contribution in [-0.2, 0) is 16.0 Å². The van der Waals surface area contributed by atoms with Gasteiger partial charge in [-0.2, -0.15) is 0 Å². The van der Waals surface area contributed by atoms with Gasteiger partial charge in [-0.3, -0.25) is 34.2 Å². The molecule has 1 saturated heterocycles. The van der Waals surface area contributed by atoms with E-state index in [1.807, 2.05) is 0 Å². The van der Waals surface area contributed by atoms with Gasteiger partial charge in [0.2, 0.25) is 11.8 Å². The Morgan fingerprint density at radius 2 is 1.97 bits per heavy atom. The highest BCUT2D eigenvalue weighted by molar-refractivity contribution is 6.23. The van der Waals surface area contributed by atoms with Gasteiger partial charge < -0.3 is 5.32 Å². The third-order valence-electron chi connectivity index (χ3n) is 5.59. The van der Waals surface area contributed by atoms with Crippen LogP contribution in [0.1, 0.15) is 61.6 Å². The summed E-state index contributed by atoms with van der Waals surface area (Å²) in [6, 6.07) is 4.01. The lowest BCUT2D eigenvalue weighted by Gasteiger charge is -2.27. The van der Waals surface area contributed by atoms with E-state index in [-0.39, 0.29) is 29.9 Å². The summed E-state index contributed by atoms with van der Waals surface area (Å²) in [5.41, 5.74) is 2.35. The monoisotopic (exact) mass is 435 g/mol. The van der Waals surface area contributed by atoms with Gasteiger partial charge in [0.1, 0.15) is 12.4 Å². The highest BCUT2D eigenvalue weighted by Gasteiger charge is 2.44. The zero-order valence-electron chi connectivity index (χ0n) is 17.4. The normalized spacial score (nSPS) is 17.9. The summed E-state index contributed by atoms with van der Waals surface area (Å²) in [7, 11) is 0. The number of piperidine rings is 1. The first-order valence-corrected chi connectivity index (χ1v) is 10.3. The largest absolute Gasteiger partial charge is 0.352 e. The number of nitrogens with zero attached hydrogens (tertiary/aromatic N) is 3. The van der Waals surface area contributed by atoms with E-state index in [0.717, 1.165) is 10.5 Å². The molecule has 32 heavy (non-hydrogen) atoms. The summed E-state index contributed by atoms with van der Waals surface area (Å²) in [5.74, 6) is -2.36. The molecule has 10 heteroatoms. The van der Waals surface area contributed by atoms with Crippen molar-refractivity contribution in [1.29, 1.82) is 0 Å². The van der Waals surface area contributed by atoms with Crippen molar-refractivity contribution in [3.05, 3.63) is 58.7 Å². The van der Waals surface area contributed by atoms with Crippen LogP contribution in [-0.4, -0.2) is 57.0 Å². The molecule has 0 aliphatic carbocycles. The van der Waals surface area contributed by atoms with Crippen molar-refractivity contribution in [1.82, 2.24) is 25.5 Å². The number of fused-ring (bicyclic) bond motifs is 1. The van der Waals surface area contributed by atoms with Crippen LogP contribution in [0.15, 0.2) is 30.7 Å². The molecular formula is C22H21N5O5. The van der Waals surface area contributed by atoms with Gasteiger partial charge in [0.05, 0.1) is 22.4 Å². The first kappa shape index (κ1) is 21.3. The molecule has 2 aromatic rings. The van der Waals surface area contributed by atoms with Crippen molar-refractivity contribution in [3.8, 4) is 0 Å². The number of hydrogen-bond donors (Lipinski definition) is 2. The maximum atomic E-state index is 12.9. The average Bonchev–Trinajstić information content (AvgIpc) is 3.01. The summed E-state index contributed by atoms with van der Waals surface area (Å²) in [6.07, 6.45) is 4.25. The lowest BCUT2D eigenvalue weighted by atomic mass is 10.0. The number of aryl methyl sites for hydroxylation is 2. The molecule has 5 amide bonds. The van der Waals surface area contributed by atoms with Gasteiger partial charge in [-0.1, -0.05) is 6.07 Å². The lowest BCUT2D eigenvalue weighted by Crippen LogP contribution is -2.54. The first-order valence-electron chi connectivity index (χ1n) is 10.3. The molecule has 1 atom stereocenters. The number of carbonyl (C=O) groups excluding carboxylic acids is 5. The van der Waals surface area contributed by atoms with Gasteiger partial charge in [-0.25, -0.2) is 9.97 Å². The maximum absolute atomic E-state index is 12.9. The Balaban J connectivity index is 1.37. The molecule has 3 heterocycles. The van der Waals surface area contributed by atoms with Gasteiger partial charge >= 0.3 is 0 Å².